The van der Waals surface area contributed by atoms with Gasteiger partial charge in [0.1, 0.15) is 0 Å². The maximum atomic E-state index is 10.5. The van der Waals surface area contributed by atoms with E-state index < -0.39 is 5.97 Å². The number of hydrogen-bond acceptors (Lipinski definition) is 2. The predicted molar refractivity (Wildman–Crippen MR) is 42.5 cm³/mol. The zero-order chi connectivity index (χ0) is 8.97. The van der Waals surface area contributed by atoms with Crippen molar-refractivity contribution >= 4 is 5.97 Å². The van der Waals surface area contributed by atoms with Gasteiger partial charge in [0.15, 0.2) is 0 Å². The highest BCUT2D eigenvalue weighted by Gasteiger charge is 2.24. The quantitative estimate of drug-likeness (QED) is 0.389. The Hall–Kier alpha value is -1.22. The van der Waals surface area contributed by atoms with Crippen LogP contribution in [0.3, 0.4) is 0 Å². The average Bonchev–Trinajstić information content (AvgIpc) is 2.06. The van der Waals surface area contributed by atoms with E-state index in [0.717, 1.165) is 0 Å². The van der Waals surface area contributed by atoms with E-state index in [1.807, 2.05) is 0 Å². The van der Waals surface area contributed by atoms with E-state index in [1.165, 1.54) is 0 Å². The zero-order valence-electron chi connectivity index (χ0n) is 6.68. The fraction of sp³-hybridized carbons (Fsp3) is 0.857. The molecule has 1 rings (SSSR count). The van der Waals surface area contributed by atoms with E-state index >= 15 is 0 Å². The topological polar surface area (TPSA) is 86.1 Å². The van der Waals surface area contributed by atoms with Crippen molar-refractivity contribution in [2.75, 3.05) is 0 Å². The molecule has 1 saturated carbocycles. The van der Waals surface area contributed by atoms with Crippen LogP contribution in [0.25, 0.3) is 10.4 Å². The lowest BCUT2D eigenvalue weighted by atomic mass is 9.86. The molecule has 12 heavy (non-hydrogen) atoms. The van der Waals surface area contributed by atoms with Gasteiger partial charge < -0.3 is 5.11 Å². The molecule has 1 aliphatic rings. The summed E-state index contributed by atoms with van der Waals surface area (Å²) < 4.78 is 0. The number of rotatable bonds is 2. The molecule has 0 aromatic rings. The summed E-state index contributed by atoms with van der Waals surface area (Å²) >= 11 is 0. The average molecular weight is 169 g/mol. The third-order valence-electron chi connectivity index (χ3n) is 2.26. The molecule has 0 bridgehead atoms. The second kappa shape index (κ2) is 3.97. The summed E-state index contributed by atoms with van der Waals surface area (Å²) in [6.07, 6.45) is 2.69. The van der Waals surface area contributed by atoms with Crippen molar-refractivity contribution in [3.8, 4) is 0 Å². The normalized spacial score (nSPS) is 29.0. The zero-order valence-corrected chi connectivity index (χ0v) is 6.68. The van der Waals surface area contributed by atoms with Gasteiger partial charge in [0.05, 0.1) is 5.92 Å². The molecule has 0 aliphatic heterocycles. The van der Waals surface area contributed by atoms with Gasteiger partial charge in [-0.05, 0) is 31.2 Å². The number of aliphatic carboxylic acids is 1. The summed E-state index contributed by atoms with van der Waals surface area (Å²) in [5.41, 5.74) is 8.14. The molecule has 1 fully saturated rings. The van der Waals surface area contributed by atoms with Gasteiger partial charge in [0.2, 0.25) is 0 Å². The van der Waals surface area contributed by atoms with Crippen LogP contribution >= 0.6 is 0 Å². The van der Waals surface area contributed by atoms with Crippen molar-refractivity contribution in [1.82, 2.24) is 0 Å². The third-order valence-corrected chi connectivity index (χ3v) is 2.26. The molecule has 0 aromatic carbocycles. The third kappa shape index (κ3) is 2.13. The van der Waals surface area contributed by atoms with Gasteiger partial charge in [-0.2, -0.15) is 0 Å². The molecule has 5 nitrogen and oxygen atoms in total. The molecule has 66 valence electrons. The van der Waals surface area contributed by atoms with Crippen LogP contribution in [0.4, 0.5) is 0 Å². The van der Waals surface area contributed by atoms with Crippen molar-refractivity contribution in [1.29, 1.82) is 0 Å². The summed E-state index contributed by atoms with van der Waals surface area (Å²) in [5, 5.41) is 12.2. The van der Waals surface area contributed by atoms with Gasteiger partial charge in [-0.25, -0.2) is 0 Å². The highest BCUT2D eigenvalue weighted by molar-refractivity contribution is 5.70. The Kier molecular flexibility index (Phi) is 2.94. The molecule has 0 unspecified atom stereocenters. The number of nitrogens with zero attached hydrogens (tertiary/aromatic N) is 3. The van der Waals surface area contributed by atoms with Crippen molar-refractivity contribution in [3.63, 3.8) is 0 Å². The molecule has 0 aromatic heterocycles. The molecule has 0 atom stereocenters. The molecular formula is C7H11N3O2. The van der Waals surface area contributed by atoms with E-state index in [1.54, 1.807) is 0 Å². The maximum absolute atomic E-state index is 10.5. The molecule has 0 spiro atoms. The van der Waals surface area contributed by atoms with Crippen LogP contribution in [0.5, 0.6) is 0 Å². The summed E-state index contributed by atoms with van der Waals surface area (Å²) in [6.45, 7) is 0. The monoisotopic (exact) mass is 169 g/mol. The SMILES string of the molecule is [N-]=[N+]=NC1CCC(C(=O)O)CC1. The Balaban J connectivity index is 2.39. The highest BCUT2D eigenvalue weighted by Crippen LogP contribution is 2.26. The Morgan fingerprint density at radius 2 is 2.00 bits per heavy atom. The van der Waals surface area contributed by atoms with Crippen LogP contribution in [0, 0.1) is 5.92 Å². The number of carbonyl (C=O) groups is 1. The second-order valence-electron chi connectivity index (χ2n) is 3.05. The van der Waals surface area contributed by atoms with E-state index in [-0.39, 0.29) is 12.0 Å². The van der Waals surface area contributed by atoms with Gasteiger partial charge in [-0.1, -0.05) is 5.11 Å². The first kappa shape index (κ1) is 8.87. The standard InChI is InChI=1S/C7H11N3O2/c8-10-9-6-3-1-5(2-4-6)7(11)12/h5-6H,1-4H2,(H,11,12). The van der Waals surface area contributed by atoms with Crippen molar-refractivity contribution in [2.24, 2.45) is 11.0 Å². The van der Waals surface area contributed by atoms with Gasteiger partial charge in [-0.15, -0.1) is 0 Å². The summed E-state index contributed by atoms with van der Waals surface area (Å²) in [5.74, 6) is -0.954. The van der Waals surface area contributed by atoms with Gasteiger partial charge in [-0.3, -0.25) is 4.79 Å². The van der Waals surface area contributed by atoms with Crippen LogP contribution in [0.1, 0.15) is 25.7 Å². The first-order valence-electron chi connectivity index (χ1n) is 4.01. The molecule has 1 aliphatic carbocycles. The Morgan fingerprint density at radius 1 is 1.42 bits per heavy atom. The lowest BCUT2D eigenvalue weighted by molar-refractivity contribution is -0.142. The van der Waals surface area contributed by atoms with Crippen LogP contribution < -0.4 is 0 Å². The summed E-state index contributed by atoms with van der Waals surface area (Å²) in [7, 11) is 0. The van der Waals surface area contributed by atoms with Crippen LogP contribution in [-0.4, -0.2) is 17.1 Å². The van der Waals surface area contributed by atoms with Crippen LogP contribution in [0.15, 0.2) is 5.11 Å². The number of hydrogen-bond donors (Lipinski definition) is 1. The second-order valence-corrected chi connectivity index (χ2v) is 3.05. The van der Waals surface area contributed by atoms with E-state index in [2.05, 4.69) is 10.0 Å². The van der Waals surface area contributed by atoms with E-state index in [4.69, 9.17) is 10.6 Å². The smallest absolute Gasteiger partial charge is 0.306 e. The highest BCUT2D eigenvalue weighted by atomic mass is 16.4. The first-order valence-corrected chi connectivity index (χ1v) is 4.01. The fourth-order valence-corrected chi connectivity index (χ4v) is 1.51. The van der Waals surface area contributed by atoms with E-state index in [0.29, 0.717) is 25.7 Å². The lowest BCUT2D eigenvalue weighted by Crippen LogP contribution is -2.22. The van der Waals surface area contributed by atoms with Gasteiger partial charge >= 0.3 is 5.97 Å². The molecule has 0 amide bonds. The number of carboxylic acid groups (broad SMARTS) is 1. The van der Waals surface area contributed by atoms with Crippen molar-refractivity contribution < 1.29 is 9.90 Å². The van der Waals surface area contributed by atoms with E-state index in [9.17, 15) is 4.79 Å². The molecule has 0 radical (unpaired) electrons. The predicted octanol–water partition coefficient (Wildman–Crippen LogP) is 1.94. The Labute approximate surface area is 70.0 Å². The summed E-state index contributed by atoms with van der Waals surface area (Å²) in [4.78, 5) is 13.2. The van der Waals surface area contributed by atoms with Crippen LogP contribution in [-0.2, 0) is 4.79 Å². The molecule has 1 N–H and O–H groups in total. The molecule has 5 heteroatoms. The molecule has 0 saturated heterocycles. The van der Waals surface area contributed by atoms with Crippen molar-refractivity contribution in [3.05, 3.63) is 10.4 Å². The van der Waals surface area contributed by atoms with Crippen LogP contribution in [0.2, 0.25) is 0 Å². The molecule has 0 heterocycles. The molecular weight excluding hydrogens is 158 g/mol. The largest absolute Gasteiger partial charge is 0.481 e. The Morgan fingerprint density at radius 3 is 2.42 bits per heavy atom. The first-order chi connectivity index (χ1) is 5.74. The van der Waals surface area contributed by atoms with Gasteiger partial charge in [0.25, 0.3) is 0 Å². The number of azide groups is 1. The lowest BCUT2D eigenvalue weighted by Gasteiger charge is -2.22. The minimum absolute atomic E-state index is 0.0191. The minimum Gasteiger partial charge on any atom is -0.481 e. The maximum Gasteiger partial charge on any atom is 0.306 e. The minimum atomic E-state index is -0.727. The summed E-state index contributed by atoms with van der Waals surface area (Å²) in [6, 6.07) is 0.0191. The fourth-order valence-electron chi connectivity index (χ4n) is 1.51. The van der Waals surface area contributed by atoms with Crippen molar-refractivity contribution in [2.45, 2.75) is 31.7 Å². The van der Waals surface area contributed by atoms with Gasteiger partial charge in [0, 0.05) is 11.0 Å². The number of carboxylic acids is 1. The Bertz CT molecular complexity index is 205.